The van der Waals surface area contributed by atoms with Crippen molar-refractivity contribution in [1.29, 1.82) is 0 Å². The highest BCUT2D eigenvalue weighted by Gasteiger charge is 2.27. The topological polar surface area (TPSA) is 80.7 Å². The Labute approximate surface area is 133 Å². The summed E-state index contributed by atoms with van der Waals surface area (Å²) in [4.78, 5) is 12.1. The number of hydrogen-bond donors (Lipinski definition) is 1. The maximum atomic E-state index is 12.1. The van der Waals surface area contributed by atoms with Crippen molar-refractivity contribution >= 4 is 27.0 Å². The molecule has 0 saturated carbocycles. The van der Waals surface area contributed by atoms with Gasteiger partial charge in [0.25, 0.3) is 0 Å². The first-order chi connectivity index (χ1) is 11.0. The van der Waals surface area contributed by atoms with Crippen LogP contribution in [0.15, 0.2) is 59.5 Å². The number of aliphatic hydroxyl groups is 1. The Morgan fingerprint density at radius 3 is 2.39 bits per heavy atom. The second-order valence-corrected chi connectivity index (χ2v) is 7.03. The summed E-state index contributed by atoms with van der Waals surface area (Å²) in [6.45, 7) is 0.0890. The smallest absolute Gasteiger partial charge is 0.339 e. The van der Waals surface area contributed by atoms with E-state index in [1.54, 1.807) is 24.3 Å². The molecule has 0 amide bonds. The minimum Gasteiger partial charge on any atom is -0.457 e. The van der Waals surface area contributed by atoms with Gasteiger partial charge >= 0.3 is 5.97 Å². The molecule has 0 bridgehead atoms. The average molecular weight is 330 g/mol. The fraction of sp³-hybridized carbons (Fsp3) is 0.118. The molecule has 0 aromatic heterocycles. The standard InChI is InChI=1S/C17H14O5S/c18-11-23(20,21)14-8-4-7-13(9-14)15-10-22-17(19)16(15)12-5-2-1-3-6-12/h1-9,18H,10-11H2. The number of sulfone groups is 1. The zero-order valence-corrected chi connectivity index (χ0v) is 12.9. The molecular weight excluding hydrogens is 316 g/mol. The van der Waals surface area contributed by atoms with E-state index >= 15 is 0 Å². The third-order valence-corrected chi connectivity index (χ3v) is 4.94. The Kier molecular flexibility index (Phi) is 4.02. The Bertz CT molecular complexity index is 882. The summed E-state index contributed by atoms with van der Waals surface area (Å²) in [6.07, 6.45) is 0. The van der Waals surface area contributed by atoms with Crippen molar-refractivity contribution < 1.29 is 23.1 Å². The van der Waals surface area contributed by atoms with Gasteiger partial charge in [-0.1, -0.05) is 42.5 Å². The molecule has 23 heavy (non-hydrogen) atoms. The molecular formula is C17H14O5S. The fourth-order valence-electron chi connectivity index (χ4n) is 2.48. The molecule has 1 N–H and O–H groups in total. The first kappa shape index (κ1) is 15.5. The van der Waals surface area contributed by atoms with Gasteiger partial charge in [0.2, 0.25) is 9.84 Å². The molecule has 0 fully saturated rings. The predicted octanol–water partition coefficient (Wildman–Crippen LogP) is 1.88. The number of esters is 1. The van der Waals surface area contributed by atoms with Gasteiger partial charge in [-0.3, -0.25) is 0 Å². The number of benzene rings is 2. The van der Waals surface area contributed by atoms with E-state index in [4.69, 9.17) is 9.84 Å². The van der Waals surface area contributed by atoms with Crippen LogP contribution in [0.1, 0.15) is 11.1 Å². The molecule has 6 heteroatoms. The molecule has 5 nitrogen and oxygen atoms in total. The van der Waals surface area contributed by atoms with Crippen molar-refractivity contribution in [3.8, 4) is 0 Å². The number of cyclic esters (lactones) is 1. The molecule has 0 saturated heterocycles. The summed E-state index contributed by atoms with van der Waals surface area (Å²) in [5.41, 5.74) is 2.38. The molecule has 1 heterocycles. The highest BCUT2D eigenvalue weighted by molar-refractivity contribution is 7.91. The molecule has 2 aromatic rings. The number of ether oxygens (including phenoxy) is 1. The first-order valence-corrected chi connectivity index (χ1v) is 8.58. The minimum atomic E-state index is -3.74. The second kappa shape index (κ2) is 5.98. The van der Waals surface area contributed by atoms with Crippen molar-refractivity contribution in [3.63, 3.8) is 0 Å². The third kappa shape index (κ3) is 2.91. The van der Waals surface area contributed by atoms with Gasteiger partial charge in [-0.2, -0.15) is 0 Å². The Balaban J connectivity index is 2.15. The molecule has 0 unspecified atom stereocenters. The highest BCUT2D eigenvalue weighted by Crippen LogP contribution is 2.33. The normalized spacial score (nSPS) is 14.9. The lowest BCUT2D eigenvalue weighted by Crippen LogP contribution is -2.06. The van der Waals surface area contributed by atoms with E-state index in [2.05, 4.69) is 0 Å². The van der Waals surface area contributed by atoms with Gasteiger partial charge in [-0.25, -0.2) is 13.2 Å². The first-order valence-electron chi connectivity index (χ1n) is 6.92. The SMILES string of the molecule is O=C1OCC(c2cccc(S(=O)(=O)CO)c2)=C1c1ccccc1. The van der Waals surface area contributed by atoms with Crippen LogP contribution in [0.25, 0.3) is 11.1 Å². The van der Waals surface area contributed by atoms with Crippen molar-refractivity contribution in [3.05, 3.63) is 65.7 Å². The second-order valence-electron chi connectivity index (χ2n) is 5.07. The van der Waals surface area contributed by atoms with E-state index in [0.29, 0.717) is 16.7 Å². The molecule has 118 valence electrons. The molecule has 1 aliphatic rings. The maximum Gasteiger partial charge on any atom is 0.339 e. The van der Waals surface area contributed by atoms with Crippen LogP contribution in [0.5, 0.6) is 0 Å². The predicted molar refractivity (Wildman–Crippen MR) is 84.9 cm³/mol. The molecule has 0 spiro atoms. The summed E-state index contributed by atoms with van der Waals surface area (Å²) < 4.78 is 28.8. The minimum absolute atomic E-state index is 0.0109. The van der Waals surface area contributed by atoms with Crippen molar-refractivity contribution in [2.24, 2.45) is 0 Å². The van der Waals surface area contributed by atoms with E-state index in [0.717, 1.165) is 5.56 Å². The number of aliphatic hydroxyl groups excluding tert-OH is 1. The summed E-state index contributed by atoms with van der Waals surface area (Å²) in [6, 6.07) is 15.2. The number of carbonyl (C=O) groups excluding carboxylic acids is 1. The fourth-order valence-corrected chi connectivity index (χ4v) is 3.22. The highest BCUT2D eigenvalue weighted by atomic mass is 32.2. The van der Waals surface area contributed by atoms with Crippen LogP contribution < -0.4 is 0 Å². The number of hydrogen-bond acceptors (Lipinski definition) is 5. The quantitative estimate of drug-likeness (QED) is 0.866. The van der Waals surface area contributed by atoms with Gasteiger partial charge in [-0.05, 0) is 23.3 Å². The van der Waals surface area contributed by atoms with Gasteiger partial charge < -0.3 is 9.84 Å². The maximum absolute atomic E-state index is 12.1. The van der Waals surface area contributed by atoms with E-state index in [1.807, 2.05) is 18.2 Å². The van der Waals surface area contributed by atoms with E-state index < -0.39 is 21.7 Å². The number of carbonyl (C=O) groups is 1. The van der Waals surface area contributed by atoms with Gasteiger partial charge in [-0.15, -0.1) is 0 Å². The lowest BCUT2D eigenvalue weighted by atomic mass is 9.97. The zero-order valence-electron chi connectivity index (χ0n) is 12.1. The van der Waals surface area contributed by atoms with Crippen LogP contribution in [0.3, 0.4) is 0 Å². The van der Waals surface area contributed by atoms with Crippen LogP contribution in [0.4, 0.5) is 0 Å². The molecule has 0 atom stereocenters. The third-order valence-electron chi connectivity index (χ3n) is 3.63. The lowest BCUT2D eigenvalue weighted by Gasteiger charge is -2.07. The zero-order chi connectivity index (χ0) is 16.4. The van der Waals surface area contributed by atoms with Crippen molar-refractivity contribution in [2.75, 3.05) is 12.5 Å². The van der Waals surface area contributed by atoms with Crippen molar-refractivity contribution in [2.45, 2.75) is 4.90 Å². The van der Waals surface area contributed by atoms with Gasteiger partial charge in [0, 0.05) is 5.57 Å². The van der Waals surface area contributed by atoms with E-state index in [-0.39, 0.29) is 11.5 Å². The van der Waals surface area contributed by atoms with Gasteiger partial charge in [0.15, 0.2) is 0 Å². The summed E-state index contributed by atoms with van der Waals surface area (Å²) in [5.74, 6) is -1.39. The molecule has 1 aliphatic heterocycles. The Morgan fingerprint density at radius 1 is 1.00 bits per heavy atom. The Hall–Kier alpha value is -2.44. The molecule has 0 radical (unpaired) electrons. The van der Waals surface area contributed by atoms with Crippen LogP contribution in [-0.2, 0) is 19.4 Å². The Morgan fingerprint density at radius 2 is 1.70 bits per heavy atom. The van der Waals surface area contributed by atoms with E-state index in [1.165, 1.54) is 12.1 Å². The summed E-state index contributed by atoms with van der Waals surface area (Å²) in [5, 5.41) is 9.00. The summed E-state index contributed by atoms with van der Waals surface area (Å²) >= 11 is 0. The van der Waals surface area contributed by atoms with Crippen LogP contribution in [0, 0.1) is 0 Å². The largest absolute Gasteiger partial charge is 0.457 e. The molecule has 3 rings (SSSR count). The summed E-state index contributed by atoms with van der Waals surface area (Å²) in [7, 11) is -3.74. The average Bonchev–Trinajstić information content (AvgIpc) is 2.97. The van der Waals surface area contributed by atoms with Gasteiger partial charge in [0.1, 0.15) is 12.5 Å². The molecule has 2 aromatic carbocycles. The van der Waals surface area contributed by atoms with Crippen LogP contribution in [-0.4, -0.2) is 32.0 Å². The monoisotopic (exact) mass is 330 g/mol. The number of rotatable bonds is 4. The van der Waals surface area contributed by atoms with Crippen LogP contribution >= 0.6 is 0 Å². The van der Waals surface area contributed by atoms with Crippen LogP contribution in [0.2, 0.25) is 0 Å². The van der Waals surface area contributed by atoms with Gasteiger partial charge in [0.05, 0.1) is 10.5 Å². The molecule has 0 aliphatic carbocycles. The van der Waals surface area contributed by atoms with E-state index in [9.17, 15) is 13.2 Å². The lowest BCUT2D eigenvalue weighted by molar-refractivity contribution is -0.133. The van der Waals surface area contributed by atoms with Crippen molar-refractivity contribution in [1.82, 2.24) is 0 Å².